The molecule has 0 saturated carbocycles. The molecule has 130 valence electrons. The third-order valence-corrected chi connectivity index (χ3v) is 5.13. The summed E-state index contributed by atoms with van der Waals surface area (Å²) in [6.07, 6.45) is 4.63. The smallest absolute Gasteiger partial charge is 0.222 e. The minimum Gasteiger partial charge on any atom is -0.353 e. The van der Waals surface area contributed by atoms with Crippen molar-refractivity contribution < 1.29 is 9.59 Å². The maximum Gasteiger partial charge on any atom is 0.222 e. The lowest BCUT2D eigenvalue weighted by Crippen LogP contribution is -2.48. The molecule has 1 aromatic rings. The van der Waals surface area contributed by atoms with Gasteiger partial charge in [-0.15, -0.1) is 0 Å². The van der Waals surface area contributed by atoms with E-state index < -0.39 is 0 Å². The Kier molecular flexibility index (Phi) is 5.41. The Morgan fingerprint density at radius 1 is 1.21 bits per heavy atom. The quantitative estimate of drug-likeness (QED) is 0.764. The lowest BCUT2D eigenvalue weighted by Gasteiger charge is -2.30. The highest BCUT2D eigenvalue weighted by Crippen LogP contribution is 2.27. The number of nitrogens with one attached hydrogen (secondary N) is 3. The monoisotopic (exact) mass is 349 g/mol. The molecule has 2 fully saturated rings. The first kappa shape index (κ1) is 17.2. The number of carbonyl (C=O) groups excluding carboxylic acids is 2. The largest absolute Gasteiger partial charge is 0.353 e. The molecule has 3 N–H and O–H groups in total. The fraction of sp³-hybridized carbons (Fsp3) is 0.556. The number of fused-ring (bicyclic) bond motifs is 2. The molecule has 0 spiro atoms. The van der Waals surface area contributed by atoms with Gasteiger partial charge in [0.2, 0.25) is 11.8 Å². The molecule has 2 heterocycles. The second-order valence-corrected chi connectivity index (χ2v) is 7.32. The van der Waals surface area contributed by atoms with Crippen molar-refractivity contribution in [2.45, 2.75) is 63.2 Å². The van der Waals surface area contributed by atoms with Crippen molar-refractivity contribution in [2.24, 2.45) is 0 Å². The minimum atomic E-state index is -0.335. The number of rotatable bonds is 5. The molecule has 6 heteroatoms. The van der Waals surface area contributed by atoms with Gasteiger partial charge in [0.15, 0.2) is 0 Å². The highest BCUT2D eigenvalue weighted by atomic mass is 35.5. The van der Waals surface area contributed by atoms with E-state index in [0.717, 1.165) is 18.4 Å². The molecule has 24 heavy (non-hydrogen) atoms. The van der Waals surface area contributed by atoms with Crippen molar-refractivity contribution in [3.8, 4) is 0 Å². The van der Waals surface area contributed by atoms with Crippen LogP contribution in [0.3, 0.4) is 0 Å². The highest BCUT2D eigenvalue weighted by molar-refractivity contribution is 6.30. The van der Waals surface area contributed by atoms with Crippen molar-refractivity contribution in [3.05, 3.63) is 34.9 Å². The molecule has 5 nitrogen and oxygen atoms in total. The van der Waals surface area contributed by atoms with Crippen LogP contribution in [0.2, 0.25) is 5.02 Å². The predicted octanol–water partition coefficient (Wildman–Crippen LogP) is 2.31. The van der Waals surface area contributed by atoms with Crippen LogP contribution in [0.15, 0.2) is 24.3 Å². The fourth-order valence-corrected chi connectivity index (χ4v) is 3.97. The standard InChI is InChI=1S/C18H24ClN3O2/c1-11(23)20-17(12-2-4-13(19)5-3-12)10-18(24)22-16-8-14-6-7-15(9-16)21-14/h2-5,14-17,21H,6-10H2,1H3,(H,20,23)(H,22,24). The first-order valence-electron chi connectivity index (χ1n) is 8.57. The summed E-state index contributed by atoms with van der Waals surface area (Å²) in [5.41, 5.74) is 0.884. The van der Waals surface area contributed by atoms with Gasteiger partial charge in [-0.05, 0) is 43.4 Å². The van der Waals surface area contributed by atoms with Crippen molar-refractivity contribution in [3.63, 3.8) is 0 Å². The summed E-state index contributed by atoms with van der Waals surface area (Å²) in [6, 6.07) is 8.22. The van der Waals surface area contributed by atoms with E-state index >= 15 is 0 Å². The lowest BCUT2D eigenvalue weighted by atomic mass is 9.98. The third-order valence-electron chi connectivity index (χ3n) is 4.88. The Hall–Kier alpha value is -1.59. The number of halogens is 1. The van der Waals surface area contributed by atoms with E-state index in [9.17, 15) is 9.59 Å². The van der Waals surface area contributed by atoms with E-state index in [1.54, 1.807) is 12.1 Å². The van der Waals surface area contributed by atoms with Gasteiger partial charge in [0, 0.05) is 30.1 Å². The van der Waals surface area contributed by atoms with Gasteiger partial charge in [-0.25, -0.2) is 0 Å². The SMILES string of the molecule is CC(=O)NC(CC(=O)NC1CC2CCC(C1)N2)c1ccc(Cl)cc1. The van der Waals surface area contributed by atoms with Gasteiger partial charge in [0.25, 0.3) is 0 Å². The third kappa shape index (κ3) is 4.48. The Labute approximate surface area is 147 Å². The molecule has 3 unspecified atom stereocenters. The molecule has 1 aromatic carbocycles. The second-order valence-electron chi connectivity index (χ2n) is 6.88. The second kappa shape index (κ2) is 7.53. The van der Waals surface area contributed by atoms with Gasteiger partial charge in [-0.2, -0.15) is 0 Å². The van der Waals surface area contributed by atoms with Crippen LogP contribution in [0, 0.1) is 0 Å². The first-order valence-corrected chi connectivity index (χ1v) is 8.95. The zero-order chi connectivity index (χ0) is 17.1. The molecule has 2 bridgehead atoms. The average Bonchev–Trinajstić information content (AvgIpc) is 2.85. The summed E-state index contributed by atoms with van der Waals surface area (Å²) in [5, 5.41) is 10.2. The summed E-state index contributed by atoms with van der Waals surface area (Å²) >= 11 is 5.92. The minimum absolute atomic E-state index is 0.0185. The van der Waals surface area contributed by atoms with Gasteiger partial charge in [0.1, 0.15) is 0 Å². The molecule has 3 atom stereocenters. The van der Waals surface area contributed by atoms with Gasteiger partial charge in [-0.1, -0.05) is 23.7 Å². The molecule has 0 radical (unpaired) electrons. The normalized spacial score (nSPS) is 26.7. The summed E-state index contributed by atoms with van der Waals surface area (Å²) in [5.74, 6) is -0.169. The van der Waals surface area contributed by atoms with Crippen molar-refractivity contribution in [1.82, 2.24) is 16.0 Å². The molecule has 2 saturated heterocycles. The molecule has 2 aliphatic heterocycles. The molecular formula is C18H24ClN3O2. The number of amides is 2. The fourth-order valence-electron chi connectivity index (χ4n) is 3.84. The summed E-state index contributed by atoms with van der Waals surface area (Å²) in [4.78, 5) is 24.0. The van der Waals surface area contributed by atoms with E-state index in [2.05, 4.69) is 16.0 Å². The maximum absolute atomic E-state index is 12.5. The van der Waals surface area contributed by atoms with Crippen LogP contribution in [0.4, 0.5) is 0 Å². The lowest BCUT2D eigenvalue weighted by molar-refractivity contribution is -0.123. The van der Waals surface area contributed by atoms with Crippen LogP contribution >= 0.6 is 11.6 Å². The number of piperidine rings is 1. The Bertz CT molecular complexity index is 593. The predicted molar refractivity (Wildman–Crippen MR) is 93.7 cm³/mol. The zero-order valence-corrected chi connectivity index (χ0v) is 14.6. The Morgan fingerprint density at radius 2 is 1.83 bits per heavy atom. The van der Waals surface area contributed by atoms with Crippen LogP contribution in [0.1, 0.15) is 50.6 Å². The molecule has 3 rings (SSSR count). The highest BCUT2D eigenvalue weighted by Gasteiger charge is 2.34. The Morgan fingerprint density at radius 3 is 2.42 bits per heavy atom. The van der Waals surface area contributed by atoms with Crippen molar-refractivity contribution in [1.29, 1.82) is 0 Å². The number of benzene rings is 1. The van der Waals surface area contributed by atoms with E-state index in [-0.39, 0.29) is 30.3 Å². The van der Waals surface area contributed by atoms with Gasteiger partial charge in [0.05, 0.1) is 12.5 Å². The van der Waals surface area contributed by atoms with Crippen molar-refractivity contribution >= 4 is 23.4 Å². The topological polar surface area (TPSA) is 70.2 Å². The maximum atomic E-state index is 12.5. The van der Waals surface area contributed by atoms with Gasteiger partial charge >= 0.3 is 0 Å². The number of hydrogen-bond donors (Lipinski definition) is 3. The molecule has 0 aliphatic carbocycles. The number of carbonyl (C=O) groups is 2. The van der Waals surface area contributed by atoms with Crippen LogP contribution in [-0.2, 0) is 9.59 Å². The van der Waals surface area contributed by atoms with E-state index in [4.69, 9.17) is 11.6 Å². The first-order chi connectivity index (χ1) is 11.5. The van der Waals surface area contributed by atoms with Crippen LogP contribution in [-0.4, -0.2) is 29.9 Å². The van der Waals surface area contributed by atoms with Crippen LogP contribution in [0.25, 0.3) is 0 Å². The van der Waals surface area contributed by atoms with Gasteiger partial charge in [-0.3, -0.25) is 9.59 Å². The van der Waals surface area contributed by atoms with Crippen molar-refractivity contribution in [2.75, 3.05) is 0 Å². The van der Waals surface area contributed by atoms with Crippen LogP contribution < -0.4 is 16.0 Å². The molecular weight excluding hydrogens is 326 g/mol. The zero-order valence-electron chi connectivity index (χ0n) is 13.8. The van der Waals surface area contributed by atoms with E-state index in [1.165, 1.54) is 19.8 Å². The van der Waals surface area contributed by atoms with Crippen LogP contribution in [0.5, 0.6) is 0 Å². The molecule has 2 amide bonds. The average molecular weight is 350 g/mol. The van der Waals surface area contributed by atoms with Gasteiger partial charge < -0.3 is 16.0 Å². The number of hydrogen-bond acceptors (Lipinski definition) is 3. The summed E-state index contributed by atoms with van der Waals surface area (Å²) < 4.78 is 0. The van der Waals surface area contributed by atoms with E-state index in [1.807, 2.05) is 12.1 Å². The molecule has 2 aliphatic rings. The van der Waals surface area contributed by atoms with E-state index in [0.29, 0.717) is 17.1 Å². The summed E-state index contributed by atoms with van der Waals surface area (Å²) in [7, 11) is 0. The molecule has 0 aromatic heterocycles. The Balaban J connectivity index is 1.60. The summed E-state index contributed by atoms with van der Waals surface area (Å²) in [6.45, 7) is 1.46.